The summed E-state index contributed by atoms with van der Waals surface area (Å²) in [4.78, 5) is 32.2. The lowest BCUT2D eigenvalue weighted by Gasteiger charge is -2.15. The summed E-state index contributed by atoms with van der Waals surface area (Å²) in [6, 6.07) is 13.4. The first-order chi connectivity index (χ1) is 20.0. The monoisotopic (exact) mass is 641 g/mol. The van der Waals surface area contributed by atoms with Crippen LogP contribution in [0.15, 0.2) is 69.7 Å². The van der Waals surface area contributed by atoms with Gasteiger partial charge in [-0.25, -0.2) is 14.6 Å². The number of imidazole rings is 1. The lowest BCUT2D eigenvalue weighted by Crippen LogP contribution is -2.19. The number of halogens is 3. The maximum Gasteiger partial charge on any atom is 0.422 e. The molecule has 0 amide bonds. The number of carboxylic acids is 2. The van der Waals surface area contributed by atoms with Crippen LogP contribution >= 0.6 is 35.5 Å². The van der Waals surface area contributed by atoms with Gasteiger partial charge in [-0.2, -0.15) is 13.2 Å². The van der Waals surface area contributed by atoms with Gasteiger partial charge in [-0.3, -0.25) is 8.96 Å². The van der Waals surface area contributed by atoms with Crippen molar-refractivity contribution in [1.29, 1.82) is 0 Å². The number of alkyl halides is 3. The van der Waals surface area contributed by atoms with Crippen molar-refractivity contribution in [3.63, 3.8) is 0 Å². The molecule has 16 heteroatoms. The number of carboxylic acid groups (broad SMARTS) is 2. The number of benzene rings is 2. The number of para-hydroxylation sites is 2. The molecule has 2 heterocycles. The number of pyridine rings is 1. The topological polar surface area (TPSA) is 133 Å². The molecule has 42 heavy (non-hydrogen) atoms. The molecule has 0 aliphatic heterocycles. The van der Waals surface area contributed by atoms with Crippen LogP contribution in [0.4, 0.5) is 13.2 Å². The van der Waals surface area contributed by atoms with Crippen molar-refractivity contribution in [3.05, 3.63) is 60.4 Å². The summed E-state index contributed by atoms with van der Waals surface area (Å²) in [5.41, 5.74) is 1.99. The summed E-state index contributed by atoms with van der Waals surface area (Å²) in [6.45, 7) is -2.72. The van der Waals surface area contributed by atoms with Gasteiger partial charge >= 0.3 is 18.1 Å². The Bertz CT molecular complexity index is 1580. The van der Waals surface area contributed by atoms with Crippen LogP contribution < -0.4 is 14.2 Å². The average molecular weight is 642 g/mol. The number of aromatic nitrogens is 3. The second-order valence-corrected chi connectivity index (χ2v) is 11.0. The Morgan fingerprint density at radius 3 is 2.36 bits per heavy atom. The standard InChI is InChI=1S/C26H22F3N3O7S3/c1-40-24-17(30-9-8-20(24)39-14-26(27,28)29)13-41-25-31-16-4-2-3-5-18(16)32(25)42-15-6-7-19(37-11-22(33)34)21(10-15)38-12-23(35)36/h2-10H,11-14H2,1H3,(H,33,34)(H,35,36). The van der Waals surface area contributed by atoms with E-state index in [1.54, 1.807) is 12.3 Å². The molecular weight excluding hydrogens is 619 g/mol. The molecule has 0 spiro atoms. The highest BCUT2D eigenvalue weighted by atomic mass is 32.2. The second kappa shape index (κ2) is 13.9. The van der Waals surface area contributed by atoms with Crippen molar-refractivity contribution in [3.8, 4) is 17.2 Å². The number of hydrogen-bond acceptors (Lipinski definition) is 10. The molecule has 0 unspecified atom stereocenters. The van der Waals surface area contributed by atoms with Crippen molar-refractivity contribution in [2.45, 2.75) is 26.9 Å². The van der Waals surface area contributed by atoms with Gasteiger partial charge in [0.1, 0.15) is 5.75 Å². The Morgan fingerprint density at radius 2 is 1.67 bits per heavy atom. The molecule has 0 fully saturated rings. The van der Waals surface area contributed by atoms with E-state index < -0.39 is 37.9 Å². The van der Waals surface area contributed by atoms with Crippen molar-refractivity contribution in [2.75, 3.05) is 26.1 Å². The first kappa shape index (κ1) is 31.2. The zero-order valence-corrected chi connectivity index (χ0v) is 24.1. The van der Waals surface area contributed by atoms with Crippen molar-refractivity contribution < 1.29 is 47.2 Å². The smallest absolute Gasteiger partial charge is 0.422 e. The highest BCUT2D eigenvalue weighted by Gasteiger charge is 2.29. The molecule has 2 aromatic carbocycles. The van der Waals surface area contributed by atoms with Gasteiger partial charge in [0, 0.05) is 16.8 Å². The van der Waals surface area contributed by atoms with Gasteiger partial charge in [0.15, 0.2) is 36.5 Å². The number of ether oxygens (including phenoxy) is 3. The molecule has 4 rings (SSSR count). The van der Waals surface area contributed by atoms with E-state index >= 15 is 0 Å². The lowest BCUT2D eigenvalue weighted by atomic mass is 10.3. The first-order valence-electron chi connectivity index (χ1n) is 11.9. The lowest BCUT2D eigenvalue weighted by molar-refractivity contribution is -0.153. The Kier molecular flexibility index (Phi) is 10.3. The van der Waals surface area contributed by atoms with Gasteiger partial charge in [-0.15, -0.1) is 11.8 Å². The average Bonchev–Trinajstić information content (AvgIpc) is 3.29. The van der Waals surface area contributed by atoms with Crippen molar-refractivity contribution in [1.82, 2.24) is 13.9 Å². The number of hydrogen-bond donors (Lipinski definition) is 2. The summed E-state index contributed by atoms with van der Waals surface area (Å²) in [5, 5.41) is 18.6. The maximum absolute atomic E-state index is 12.7. The molecule has 2 N–H and O–H groups in total. The SMILES string of the molecule is CSc1c(OCC(F)(F)F)ccnc1CSc1nc2ccccc2n1Sc1ccc(OCC(=O)O)c(OCC(=O)O)c1. The number of thioether (sulfide) groups is 2. The molecule has 0 aliphatic carbocycles. The predicted molar refractivity (Wildman–Crippen MR) is 151 cm³/mol. The Hall–Kier alpha value is -3.76. The normalized spacial score (nSPS) is 11.4. The summed E-state index contributed by atoms with van der Waals surface area (Å²) >= 11 is 3.80. The van der Waals surface area contributed by atoms with Gasteiger partial charge in [0.25, 0.3) is 0 Å². The third-order valence-corrected chi connectivity index (χ3v) is 8.11. The van der Waals surface area contributed by atoms with Gasteiger partial charge in [-0.1, -0.05) is 23.9 Å². The predicted octanol–water partition coefficient (Wildman–Crippen LogP) is 5.87. The van der Waals surface area contributed by atoms with Crippen molar-refractivity contribution >= 4 is 58.4 Å². The van der Waals surface area contributed by atoms with E-state index in [2.05, 4.69) is 4.98 Å². The van der Waals surface area contributed by atoms with Gasteiger partial charge in [0.05, 0.1) is 21.6 Å². The van der Waals surface area contributed by atoms with E-state index in [1.165, 1.54) is 59.9 Å². The number of carbonyl (C=O) groups is 2. The fourth-order valence-electron chi connectivity index (χ4n) is 3.52. The summed E-state index contributed by atoms with van der Waals surface area (Å²) in [6.07, 6.45) is -1.36. The Labute approximate surface area is 249 Å². The minimum Gasteiger partial charge on any atom is -0.483 e. The minimum absolute atomic E-state index is 0.0479. The summed E-state index contributed by atoms with van der Waals surface area (Å²) < 4.78 is 55.6. The molecule has 222 valence electrons. The highest BCUT2D eigenvalue weighted by Crippen LogP contribution is 2.39. The Morgan fingerprint density at radius 1 is 0.952 bits per heavy atom. The van der Waals surface area contributed by atoms with E-state index in [1.807, 2.05) is 28.2 Å². The summed E-state index contributed by atoms with van der Waals surface area (Å²) in [5.74, 6) is -1.95. The van der Waals surface area contributed by atoms with Crippen LogP contribution in [0.5, 0.6) is 17.2 Å². The van der Waals surface area contributed by atoms with Crippen LogP contribution in [0.3, 0.4) is 0 Å². The molecule has 10 nitrogen and oxygen atoms in total. The van der Waals surface area contributed by atoms with E-state index in [4.69, 9.17) is 29.4 Å². The van der Waals surface area contributed by atoms with E-state index in [9.17, 15) is 22.8 Å². The molecule has 0 atom stereocenters. The van der Waals surface area contributed by atoms with Crippen LogP contribution in [0.1, 0.15) is 5.69 Å². The van der Waals surface area contributed by atoms with Gasteiger partial charge in [0.2, 0.25) is 0 Å². The zero-order chi connectivity index (χ0) is 30.3. The van der Waals surface area contributed by atoms with Crippen LogP contribution in [-0.4, -0.2) is 68.3 Å². The van der Waals surface area contributed by atoms with Gasteiger partial charge < -0.3 is 24.4 Å². The number of rotatable bonds is 14. The molecule has 0 saturated carbocycles. The third kappa shape index (κ3) is 8.39. The number of aliphatic carboxylic acids is 2. The number of fused-ring (bicyclic) bond motifs is 1. The molecule has 4 aromatic rings. The quantitative estimate of drug-likeness (QED) is 0.160. The van der Waals surface area contributed by atoms with Crippen LogP contribution in [-0.2, 0) is 15.3 Å². The van der Waals surface area contributed by atoms with Crippen LogP contribution in [0, 0.1) is 0 Å². The fraction of sp³-hybridized carbons (Fsp3) is 0.231. The van der Waals surface area contributed by atoms with E-state index in [0.29, 0.717) is 26.2 Å². The molecule has 0 saturated heterocycles. The zero-order valence-electron chi connectivity index (χ0n) is 21.7. The Balaban J connectivity index is 1.62. The van der Waals surface area contributed by atoms with Crippen LogP contribution in [0.2, 0.25) is 0 Å². The van der Waals surface area contributed by atoms with E-state index in [0.717, 1.165) is 5.52 Å². The first-order valence-corrected chi connectivity index (χ1v) is 14.9. The molecule has 0 radical (unpaired) electrons. The second-order valence-electron chi connectivity index (χ2n) is 8.22. The molecule has 0 aliphatic rings. The molecule has 2 aromatic heterocycles. The van der Waals surface area contributed by atoms with E-state index in [-0.39, 0.29) is 23.0 Å². The molecular formula is C26H22F3N3O7S3. The highest BCUT2D eigenvalue weighted by molar-refractivity contribution is 8.01. The summed E-state index contributed by atoms with van der Waals surface area (Å²) in [7, 11) is 0. The minimum atomic E-state index is -4.48. The van der Waals surface area contributed by atoms with Crippen molar-refractivity contribution in [2.24, 2.45) is 0 Å². The van der Waals surface area contributed by atoms with Crippen LogP contribution in [0.25, 0.3) is 11.0 Å². The molecule has 0 bridgehead atoms. The maximum atomic E-state index is 12.7. The fourth-order valence-corrected chi connectivity index (χ4v) is 6.31. The van der Waals surface area contributed by atoms with Gasteiger partial charge in [-0.05, 0) is 54.6 Å². The third-order valence-electron chi connectivity index (χ3n) is 5.18. The largest absolute Gasteiger partial charge is 0.483 e. The number of nitrogens with zero attached hydrogens (tertiary/aromatic N) is 3.